The van der Waals surface area contributed by atoms with Gasteiger partial charge in [-0.2, -0.15) is 0 Å². The lowest BCUT2D eigenvalue weighted by Gasteiger charge is -2.07. The molecule has 0 saturated heterocycles. The fourth-order valence-corrected chi connectivity index (χ4v) is 3.00. The van der Waals surface area contributed by atoms with E-state index in [9.17, 15) is 4.79 Å². The second-order valence-electron chi connectivity index (χ2n) is 5.38. The molecule has 128 valence electrons. The van der Waals surface area contributed by atoms with E-state index in [-0.39, 0.29) is 5.69 Å². The summed E-state index contributed by atoms with van der Waals surface area (Å²) >= 11 is 12.4. The zero-order valence-electron chi connectivity index (χ0n) is 13.4. The number of rotatable bonds is 5. The van der Waals surface area contributed by atoms with Crippen molar-refractivity contribution in [2.75, 3.05) is 7.11 Å². The van der Waals surface area contributed by atoms with Gasteiger partial charge in [-0.3, -0.25) is 4.57 Å². The van der Waals surface area contributed by atoms with E-state index in [0.717, 1.165) is 24.0 Å². The first-order chi connectivity index (χ1) is 12.1. The lowest BCUT2D eigenvalue weighted by molar-refractivity contribution is 0.0594. The Bertz CT molecular complexity index is 871. The maximum Gasteiger partial charge on any atom is 0.358 e. The molecule has 0 amide bonds. The molecule has 0 atom stereocenters. The normalized spacial score (nSPS) is 10.7. The molecule has 3 rings (SSSR count). The SMILES string of the molecule is COC(=O)c1cn(-c2ccc(CCc3c(Cl)cccc3Cl)cn2)cn1. The summed E-state index contributed by atoms with van der Waals surface area (Å²) in [5.74, 6) is 0.189. The minimum Gasteiger partial charge on any atom is -0.464 e. The molecule has 0 N–H and O–H groups in total. The van der Waals surface area contributed by atoms with E-state index < -0.39 is 5.97 Å². The Morgan fingerprint density at radius 3 is 2.52 bits per heavy atom. The highest BCUT2D eigenvalue weighted by molar-refractivity contribution is 6.35. The van der Waals surface area contributed by atoms with E-state index in [1.165, 1.54) is 13.4 Å². The molecule has 0 fully saturated rings. The molecule has 0 spiro atoms. The van der Waals surface area contributed by atoms with Gasteiger partial charge in [0, 0.05) is 22.4 Å². The van der Waals surface area contributed by atoms with Crippen LogP contribution in [0.2, 0.25) is 10.0 Å². The number of benzene rings is 1. The molecule has 0 saturated carbocycles. The number of methoxy groups -OCH3 is 1. The highest BCUT2D eigenvalue weighted by Crippen LogP contribution is 2.25. The fraction of sp³-hybridized carbons (Fsp3) is 0.167. The maximum absolute atomic E-state index is 11.4. The summed E-state index contributed by atoms with van der Waals surface area (Å²) in [7, 11) is 1.32. The molecular weight excluding hydrogens is 361 g/mol. The topological polar surface area (TPSA) is 57.0 Å². The summed E-state index contributed by atoms with van der Waals surface area (Å²) in [5, 5.41) is 1.34. The number of aromatic nitrogens is 3. The number of esters is 1. The second-order valence-corrected chi connectivity index (χ2v) is 6.20. The Kier molecular flexibility index (Phi) is 5.36. The van der Waals surface area contributed by atoms with Crippen LogP contribution in [0.5, 0.6) is 0 Å². The Morgan fingerprint density at radius 1 is 1.12 bits per heavy atom. The Labute approximate surface area is 155 Å². The van der Waals surface area contributed by atoms with Crippen LogP contribution in [-0.2, 0) is 17.6 Å². The number of imidazole rings is 1. The molecule has 25 heavy (non-hydrogen) atoms. The monoisotopic (exact) mass is 375 g/mol. The second kappa shape index (κ2) is 7.68. The average Bonchev–Trinajstić information content (AvgIpc) is 3.11. The summed E-state index contributed by atoms with van der Waals surface area (Å²) in [4.78, 5) is 19.9. The van der Waals surface area contributed by atoms with Crippen molar-refractivity contribution in [1.29, 1.82) is 0 Å². The van der Waals surface area contributed by atoms with E-state index in [1.807, 2.05) is 30.3 Å². The maximum atomic E-state index is 11.4. The number of carbonyl (C=O) groups excluding carboxylic acids is 1. The number of aryl methyl sites for hydroxylation is 1. The fourth-order valence-electron chi connectivity index (χ4n) is 2.42. The summed E-state index contributed by atoms with van der Waals surface area (Å²) in [6, 6.07) is 9.35. The largest absolute Gasteiger partial charge is 0.464 e. The van der Waals surface area contributed by atoms with Crippen LogP contribution < -0.4 is 0 Å². The van der Waals surface area contributed by atoms with Crippen molar-refractivity contribution in [3.8, 4) is 5.82 Å². The number of hydrogen-bond donors (Lipinski definition) is 0. The highest BCUT2D eigenvalue weighted by Gasteiger charge is 2.10. The zero-order valence-corrected chi connectivity index (χ0v) is 15.0. The van der Waals surface area contributed by atoms with Gasteiger partial charge in [-0.05, 0) is 42.2 Å². The van der Waals surface area contributed by atoms with Gasteiger partial charge in [0.15, 0.2) is 5.69 Å². The molecule has 2 aromatic heterocycles. The first-order valence-electron chi connectivity index (χ1n) is 7.59. The van der Waals surface area contributed by atoms with Gasteiger partial charge in [0.05, 0.1) is 7.11 Å². The first-order valence-corrected chi connectivity index (χ1v) is 8.34. The van der Waals surface area contributed by atoms with E-state index in [0.29, 0.717) is 15.9 Å². The van der Waals surface area contributed by atoms with Gasteiger partial charge in [0.1, 0.15) is 12.1 Å². The number of pyridine rings is 1. The summed E-state index contributed by atoms with van der Waals surface area (Å²) in [5.41, 5.74) is 2.24. The van der Waals surface area contributed by atoms with Crippen molar-refractivity contribution in [2.24, 2.45) is 0 Å². The van der Waals surface area contributed by atoms with E-state index in [2.05, 4.69) is 14.7 Å². The first kappa shape index (κ1) is 17.5. The van der Waals surface area contributed by atoms with Crippen molar-refractivity contribution >= 4 is 29.2 Å². The van der Waals surface area contributed by atoms with Crippen molar-refractivity contribution < 1.29 is 9.53 Å². The Morgan fingerprint density at radius 2 is 1.88 bits per heavy atom. The molecule has 0 radical (unpaired) electrons. The van der Waals surface area contributed by atoms with Gasteiger partial charge in [-0.1, -0.05) is 35.3 Å². The number of hydrogen-bond acceptors (Lipinski definition) is 4. The number of nitrogens with zero attached hydrogens (tertiary/aromatic N) is 3. The van der Waals surface area contributed by atoms with Crippen LogP contribution in [0.3, 0.4) is 0 Å². The molecule has 2 heterocycles. The molecule has 0 bridgehead atoms. The van der Waals surface area contributed by atoms with Crippen LogP contribution in [0.4, 0.5) is 0 Å². The molecule has 0 aliphatic carbocycles. The standard InChI is InChI=1S/C18H15Cl2N3O2/c1-25-18(24)16-10-23(11-22-16)17-8-6-12(9-21-17)5-7-13-14(19)3-2-4-15(13)20/h2-4,6,8-11H,5,7H2,1H3. The molecule has 7 heteroatoms. The summed E-state index contributed by atoms with van der Waals surface area (Å²) in [6.45, 7) is 0. The minimum atomic E-state index is -0.480. The predicted molar refractivity (Wildman–Crippen MR) is 96.6 cm³/mol. The molecule has 0 aliphatic rings. The van der Waals surface area contributed by atoms with Crippen molar-refractivity contribution in [1.82, 2.24) is 14.5 Å². The van der Waals surface area contributed by atoms with Gasteiger partial charge in [-0.25, -0.2) is 14.8 Å². The molecule has 3 aromatic rings. The van der Waals surface area contributed by atoms with Gasteiger partial charge >= 0.3 is 5.97 Å². The number of halogens is 2. The predicted octanol–water partition coefficient (Wildman–Crippen LogP) is 4.15. The molecule has 0 aliphatic heterocycles. The minimum absolute atomic E-state index is 0.238. The van der Waals surface area contributed by atoms with Crippen molar-refractivity contribution in [3.05, 3.63) is 75.9 Å². The average molecular weight is 376 g/mol. The lowest BCUT2D eigenvalue weighted by Crippen LogP contribution is -2.01. The van der Waals surface area contributed by atoms with Crippen LogP contribution in [0, 0.1) is 0 Å². The van der Waals surface area contributed by atoms with Crippen LogP contribution in [0.1, 0.15) is 21.6 Å². The van der Waals surface area contributed by atoms with Crippen molar-refractivity contribution in [3.63, 3.8) is 0 Å². The van der Waals surface area contributed by atoms with Gasteiger partial charge in [-0.15, -0.1) is 0 Å². The quantitative estimate of drug-likeness (QED) is 0.628. The van der Waals surface area contributed by atoms with Crippen LogP contribution in [0.15, 0.2) is 49.1 Å². The van der Waals surface area contributed by atoms with E-state index in [1.54, 1.807) is 17.0 Å². The molecule has 5 nitrogen and oxygen atoms in total. The van der Waals surface area contributed by atoms with Crippen LogP contribution in [-0.4, -0.2) is 27.6 Å². The third kappa shape index (κ3) is 4.00. The van der Waals surface area contributed by atoms with Crippen molar-refractivity contribution in [2.45, 2.75) is 12.8 Å². The zero-order chi connectivity index (χ0) is 17.8. The van der Waals surface area contributed by atoms with Crippen LogP contribution >= 0.6 is 23.2 Å². The number of ether oxygens (including phenoxy) is 1. The summed E-state index contributed by atoms with van der Waals surface area (Å²) < 4.78 is 6.31. The van der Waals surface area contributed by atoms with Gasteiger partial charge in [0.25, 0.3) is 0 Å². The smallest absolute Gasteiger partial charge is 0.358 e. The van der Waals surface area contributed by atoms with Gasteiger partial charge in [0.2, 0.25) is 0 Å². The molecular formula is C18H15Cl2N3O2. The Balaban J connectivity index is 1.70. The molecule has 0 unspecified atom stereocenters. The Hall–Kier alpha value is -2.37. The number of carbonyl (C=O) groups is 1. The van der Waals surface area contributed by atoms with E-state index >= 15 is 0 Å². The van der Waals surface area contributed by atoms with E-state index in [4.69, 9.17) is 23.2 Å². The molecule has 1 aromatic carbocycles. The van der Waals surface area contributed by atoms with Crippen LogP contribution in [0.25, 0.3) is 5.82 Å². The highest BCUT2D eigenvalue weighted by atomic mass is 35.5. The third-order valence-corrected chi connectivity index (χ3v) is 4.48. The third-order valence-electron chi connectivity index (χ3n) is 3.78. The summed E-state index contributed by atoms with van der Waals surface area (Å²) in [6.07, 6.45) is 6.40. The lowest BCUT2D eigenvalue weighted by atomic mass is 10.1. The van der Waals surface area contributed by atoms with Gasteiger partial charge < -0.3 is 4.74 Å².